The number of rotatable bonds is 5. The van der Waals surface area contributed by atoms with Crippen molar-refractivity contribution in [2.45, 2.75) is 32.7 Å². The molecule has 0 spiro atoms. The lowest BCUT2D eigenvalue weighted by molar-refractivity contribution is -0.130. The number of amides is 1. The molecule has 0 bridgehead atoms. The van der Waals surface area contributed by atoms with E-state index in [1.165, 1.54) is 5.56 Å². The molecule has 0 aliphatic carbocycles. The zero-order valence-electron chi connectivity index (χ0n) is 12.2. The van der Waals surface area contributed by atoms with Gasteiger partial charge in [-0.15, -0.1) is 0 Å². The van der Waals surface area contributed by atoms with Crippen LogP contribution in [0.2, 0.25) is 0 Å². The smallest absolute Gasteiger partial charge is 0.223 e. The molecule has 106 valence electrons. The Morgan fingerprint density at radius 1 is 1.35 bits per heavy atom. The fourth-order valence-corrected chi connectivity index (χ4v) is 2.14. The fourth-order valence-electron chi connectivity index (χ4n) is 2.14. The number of carbonyl (C=O) groups is 1. The van der Waals surface area contributed by atoms with Crippen LogP contribution in [0.25, 0.3) is 0 Å². The van der Waals surface area contributed by atoms with Gasteiger partial charge in [0.2, 0.25) is 5.91 Å². The van der Waals surface area contributed by atoms with Gasteiger partial charge in [-0.3, -0.25) is 4.79 Å². The highest BCUT2D eigenvalue weighted by Crippen LogP contribution is 2.19. The third-order valence-corrected chi connectivity index (χ3v) is 3.35. The van der Waals surface area contributed by atoms with E-state index in [1.54, 1.807) is 11.9 Å². The van der Waals surface area contributed by atoms with E-state index < -0.39 is 0 Å². The Labute approximate surface area is 119 Å². The van der Waals surface area contributed by atoms with Gasteiger partial charge in [0.05, 0.1) is 6.54 Å². The second kappa shape index (κ2) is 6.37. The molecule has 2 aromatic rings. The van der Waals surface area contributed by atoms with Gasteiger partial charge in [0.25, 0.3) is 0 Å². The van der Waals surface area contributed by atoms with Gasteiger partial charge in [0.1, 0.15) is 11.5 Å². The van der Waals surface area contributed by atoms with Crippen molar-refractivity contribution in [1.82, 2.24) is 10.1 Å². The molecule has 0 aliphatic rings. The second-order valence-electron chi connectivity index (χ2n) is 5.19. The van der Waals surface area contributed by atoms with E-state index in [2.05, 4.69) is 24.2 Å². The quantitative estimate of drug-likeness (QED) is 0.840. The van der Waals surface area contributed by atoms with E-state index >= 15 is 0 Å². The van der Waals surface area contributed by atoms with Crippen molar-refractivity contribution in [3.63, 3.8) is 0 Å². The molecule has 20 heavy (non-hydrogen) atoms. The van der Waals surface area contributed by atoms with E-state index in [9.17, 15) is 4.79 Å². The summed E-state index contributed by atoms with van der Waals surface area (Å²) in [5, 5.41) is 3.91. The SMILES string of the molecule is Cc1cc(CN(C)C(=O)CC(C)c2ccccc2)no1. The maximum absolute atomic E-state index is 12.2. The molecular weight excluding hydrogens is 252 g/mol. The van der Waals surface area contributed by atoms with Crippen LogP contribution in [0.4, 0.5) is 0 Å². The van der Waals surface area contributed by atoms with Crippen LogP contribution < -0.4 is 0 Å². The summed E-state index contributed by atoms with van der Waals surface area (Å²) < 4.78 is 5.01. The largest absolute Gasteiger partial charge is 0.361 e. The van der Waals surface area contributed by atoms with Crippen LogP contribution in [-0.4, -0.2) is 23.0 Å². The highest BCUT2D eigenvalue weighted by atomic mass is 16.5. The van der Waals surface area contributed by atoms with Crippen LogP contribution in [0.15, 0.2) is 40.9 Å². The number of aryl methyl sites for hydroxylation is 1. The first-order valence-electron chi connectivity index (χ1n) is 6.77. The molecule has 0 radical (unpaired) electrons. The van der Waals surface area contributed by atoms with E-state index in [-0.39, 0.29) is 11.8 Å². The summed E-state index contributed by atoms with van der Waals surface area (Å²) in [6.07, 6.45) is 0.497. The van der Waals surface area contributed by atoms with Gasteiger partial charge >= 0.3 is 0 Å². The third kappa shape index (κ3) is 3.70. The normalized spacial score (nSPS) is 12.2. The van der Waals surface area contributed by atoms with Crippen LogP contribution in [0, 0.1) is 6.92 Å². The summed E-state index contributed by atoms with van der Waals surface area (Å²) in [6.45, 7) is 4.40. The molecule has 1 amide bonds. The fraction of sp³-hybridized carbons (Fsp3) is 0.375. The molecule has 1 atom stereocenters. The molecule has 1 heterocycles. The first kappa shape index (κ1) is 14.3. The summed E-state index contributed by atoms with van der Waals surface area (Å²) in [5.74, 6) is 1.09. The van der Waals surface area contributed by atoms with Gasteiger partial charge in [-0.2, -0.15) is 0 Å². The molecule has 0 saturated heterocycles. The Morgan fingerprint density at radius 2 is 2.05 bits per heavy atom. The van der Waals surface area contributed by atoms with Crippen LogP contribution >= 0.6 is 0 Å². The molecule has 1 unspecified atom stereocenters. The predicted molar refractivity (Wildman–Crippen MR) is 77.2 cm³/mol. The first-order chi connectivity index (χ1) is 9.56. The molecule has 1 aromatic heterocycles. The van der Waals surface area contributed by atoms with Crippen molar-refractivity contribution in [2.24, 2.45) is 0 Å². The van der Waals surface area contributed by atoms with Gasteiger partial charge < -0.3 is 9.42 Å². The average Bonchev–Trinajstić information content (AvgIpc) is 2.85. The van der Waals surface area contributed by atoms with Gasteiger partial charge in [0.15, 0.2) is 0 Å². The van der Waals surface area contributed by atoms with E-state index in [0.29, 0.717) is 13.0 Å². The lowest BCUT2D eigenvalue weighted by Gasteiger charge is -2.18. The highest BCUT2D eigenvalue weighted by Gasteiger charge is 2.16. The standard InChI is InChI=1S/C16H20N2O2/c1-12(14-7-5-4-6-8-14)9-16(19)18(3)11-15-10-13(2)20-17-15/h4-8,10,12H,9,11H2,1-3H3. The highest BCUT2D eigenvalue weighted by molar-refractivity contribution is 5.76. The monoisotopic (exact) mass is 272 g/mol. The number of nitrogens with zero attached hydrogens (tertiary/aromatic N) is 2. The summed E-state index contributed by atoms with van der Waals surface area (Å²) in [5.41, 5.74) is 1.97. The van der Waals surface area contributed by atoms with Crippen LogP contribution in [0.3, 0.4) is 0 Å². The summed E-state index contributed by atoms with van der Waals surface area (Å²) in [4.78, 5) is 13.9. The van der Waals surface area contributed by atoms with Gasteiger partial charge in [0, 0.05) is 19.5 Å². The number of benzene rings is 1. The van der Waals surface area contributed by atoms with Gasteiger partial charge in [-0.1, -0.05) is 42.4 Å². The number of hydrogen-bond acceptors (Lipinski definition) is 3. The van der Waals surface area contributed by atoms with Gasteiger partial charge in [-0.05, 0) is 18.4 Å². The van der Waals surface area contributed by atoms with Crippen LogP contribution in [0.1, 0.15) is 36.3 Å². The molecule has 1 aromatic carbocycles. The Bertz CT molecular complexity index is 563. The van der Waals surface area contributed by atoms with Crippen molar-refractivity contribution >= 4 is 5.91 Å². The molecule has 0 N–H and O–H groups in total. The Morgan fingerprint density at radius 3 is 2.65 bits per heavy atom. The Balaban J connectivity index is 1.91. The maximum atomic E-state index is 12.2. The van der Waals surface area contributed by atoms with E-state index in [4.69, 9.17) is 4.52 Å². The minimum Gasteiger partial charge on any atom is -0.361 e. The van der Waals surface area contributed by atoms with Crippen molar-refractivity contribution < 1.29 is 9.32 Å². The van der Waals surface area contributed by atoms with Crippen molar-refractivity contribution in [1.29, 1.82) is 0 Å². The van der Waals surface area contributed by atoms with E-state index in [1.807, 2.05) is 31.2 Å². The molecule has 4 heteroatoms. The zero-order chi connectivity index (χ0) is 14.5. The maximum Gasteiger partial charge on any atom is 0.223 e. The van der Waals surface area contributed by atoms with Crippen molar-refractivity contribution in [3.8, 4) is 0 Å². The van der Waals surface area contributed by atoms with E-state index in [0.717, 1.165) is 11.5 Å². The van der Waals surface area contributed by atoms with Crippen molar-refractivity contribution in [3.05, 3.63) is 53.4 Å². The minimum absolute atomic E-state index is 0.113. The number of aromatic nitrogens is 1. The summed E-state index contributed by atoms with van der Waals surface area (Å²) >= 11 is 0. The Hall–Kier alpha value is -2.10. The lowest BCUT2D eigenvalue weighted by atomic mass is 9.97. The average molecular weight is 272 g/mol. The molecule has 4 nitrogen and oxygen atoms in total. The van der Waals surface area contributed by atoms with Crippen LogP contribution in [0.5, 0.6) is 0 Å². The molecule has 0 saturated carbocycles. The lowest BCUT2D eigenvalue weighted by Crippen LogP contribution is -2.27. The van der Waals surface area contributed by atoms with Crippen LogP contribution in [-0.2, 0) is 11.3 Å². The molecule has 0 aliphatic heterocycles. The third-order valence-electron chi connectivity index (χ3n) is 3.35. The summed E-state index contributed by atoms with van der Waals surface area (Å²) in [7, 11) is 1.80. The second-order valence-corrected chi connectivity index (χ2v) is 5.19. The number of carbonyl (C=O) groups excluding carboxylic acids is 1. The minimum atomic E-state index is 0.113. The van der Waals surface area contributed by atoms with Crippen molar-refractivity contribution in [2.75, 3.05) is 7.05 Å². The zero-order valence-corrected chi connectivity index (χ0v) is 12.2. The molecule has 0 fully saturated rings. The first-order valence-corrected chi connectivity index (χ1v) is 6.77. The topological polar surface area (TPSA) is 46.3 Å². The molecule has 2 rings (SSSR count). The van der Waals surface area contributed by atoms with Gasteiger partial charge in [-0.25, -0.2) is 0 Å². The number of hydrogen-bond donors (Lipinski definition) is 0. The predicted octanol–water partition coefficient (Wildman–Crippen LogP) is 3.14. The summed E-state index contributed by atoms with van der Waals surface area (Å²) in [6, 6.07) is 11.9. The Kier molecular flexibility index (Phi) is 4.56. The molecular formula is C16H20N2O2.